The quantitative estimate of drug-likeness (QED) is 0.856. The van der Waals surface area contributed by atoms with Crippen LogP contribution in [-0.2, 0) is 13.1 Å². The minimum absolute atomic E-state index is 0.524. The maximum absolute atomic E-state index is 3.44. The second kappa shape index (κ2) is 7.11. The van der Waals surface area contributed by atoms with E-state index in [0.717, 1.165) is 13.1 Å². The van der Waals surface area contributed by atoms with Gasteiger partial charge in [0.25, 0.3) is 0 Å². The van der Waals surface area contributed by atoms with Crippen molar-refractivity contribution in [3.8, 4) is 0 Å². The summed E-state index contributed by atoms with van der Waals surface area (Å²) >= 11 is 0. The Bertz CT molecular complexity index is 503. The minimum atomic E-state index is 0.524. The lowest BCUT2D eigenvalue weighted by atomic mass is 10.1. The summed E-state index contributed by atoms with van der Waals surface area (Å²) in [5.41, 5.74) is 3.92. The summed E-state index contributed by atoms with van der Waals surface area (Å²) in [6.07, 6.45) is 0. The van der Waals surface area contributed by atoms with Gasteiger partial charge in [0.2, 0.25) is 0 Å². The Morgan fingerprint density at radius 3 is 2.15 bits per heavy atom. The van der Waals surface area contributed by atoms with Crippen molar-refractivity contribution in [1.29, 1.82) is 0 Å². The number of benzene rings is 2. The van der Waals surface area contributed by atoms with Gasteiger partial charge < -0.3 is 10.2 Å². The van der Waals surface area contributed by atoms with Crippen LogP contribution >= 0.6 is 0 Å². The van der Waals surface area contributed by atoms with E-state index in [0.29, 0.717) is 6.04 Å². The van der Waals surface area contributed by atoms with Gasteiger partial charge in [0.1, 0.15) is 0 Å². The number of hydrogen-bond acceptors (Lipinski definition) is 2. The molecule has 0 aliphatic carbocycles. The third kappa shape index (κ3) is 4.39. The fourth-order valence-corrected chi connectivity index (χ4v) is 2.14. The average molecular weight is 268 g/mol. The Balaban J connectivity index is 1.95. The first kappa shape index (κ1) is 14.6. The molecule has 2 rings (SSSR count). The van der Waals surface area contributed by atoms with Gasteiger partial charge in [-0.25, -0.2) is 0 Å². The fraction of sp³-hybridized carbons (Fsp3) is 0.333. The Hall–Kier alpha value is -1.80. The van der Waals surface area contributed by atoms with Crippen LogP contribution in [0.4, 0.5) is 5.69 Å². The molecule has 0 radical (unpaired) electrons. The summed E-state index contributed by atoms with van der Waals surface area (Å²) in [6.45, 7) is 6.20. The molecule has 0 bridgehead atoms. The molecule has 106 valence electrons. The molecule has 0 aromatic heterocycles. The standard InChI is InChI=1S/C18H24N2/c1-15(2)19-13-16-9-11-18(12-10-16)20(3)14-17-7-5-4-6-8-17/h4-12,15,19H,13-14H2,1-3H3. The van der Waals surface area contributed by atoms with E-state index in [1.807, 2.05) is 0 Å². The molecule has 0 saturated carbocycles. The lowest BCUT2D eigenvalue weighted by Crippen LogP contribution is -2.22. The Labute approximate surface area is 122 Å². The molecule has 2 aromatic rings. The number of rotatable bonds is 6. The van der Waals surface area contributed by atoms with Crippen LogP contribution in [0.2, 0.25) is 0 Å². The first-order chi connectivity index (χ1) is 9.65. The summed E-state index contributed by atoms with van der Waals surface area (Å²) in [4.78, 5) is 2.27. The van der Waals surface area contributed by atoms with Crippen LogP contribution < -0.4 is 10.2 Å². The molecule has 0 atom stereocenters. The van der Waals surface area contributed by atoms with Crippen molar-refractivity contribution in [2.75, 3.05) is 11.9 Å². The van der Waals surface area contributed by atoms with Gasteiger partial charge in [-0.05, 0) is 23.3 Å². The zero-order chi connectivity index (χ0) is 14.4. The van der Waals surface area contributed by atoms with Crippen molar-refractivity contribution in [1.82, 2.24) is 5.32 Å². The molecule has 1 N–H and O–H groups in total. The molecule has 0 aliphatic rings. The monoisotopic (exact) mass is 268 g/mol. The third-order valence-corrected chi connectivity index (χ3v) is 3.35. The summed E-state index contributed by atoms with van der Waals surface area (Å²) in [7, 11) is 2.13. The molecule has 0 spiro atoms. The molecule has 0 fully saturated rings. The second-order valence-corrected chi connectivity index (χ2v) is 5.54. The lowest BCUT2D eigenvalue weighted by Gasteiger charge is -2.20. The molecule has 0 amide bonds. The van der Waals surface area contributed by atoms with E-state index >= 15 is 0 Å². The normalized spacial score (nSPS) is 10.8. The van der Waals surface area contributed by atoms with Crippen LogP contribution in [0.25, 0.3) is 0 Å². The van der Waals surface area contributed by atoms with Crippen molar-refractivity contribution in [2.45, 2.75) is 33.0 Å². The molecule has 0 unspecified atom stereocenters. The van der Waals surface area contributed by atoms with E-state index in [-0.39, 0.29) is 0 Å². The van der Waals surface area contributed by atoms with Crippen LogP contribution in [0.1, 0.15) is 25.0 Å². The van der Waals surface area contributed by atoms with Crippen molar-refractivity contribution in [3.63, 3.8) is 0 Å². The van der Waals surface area contributed by atoms with Gasteiger partial charge in [-0.2, -0.15) is 0 Å². The zero-order valence-electron chi connectivity index (χ0n) is 12.6. The van der Waals surface area contributed by atoms with Gasteiger partial charge >= 0.3 is 0 Å². The highest BCUT2D eigenvalue weighted by atomic mass is 15.1. The van der Waals surface area contributed by atoms with Crippen LogP contribution in [0.3, 0.4) is 0 Å². The molecule has 0 heterocycles. The summed E-state index contributed by atoms with van der Waals surface area (Å²) in [5, 5.41) is 3.44. The number of hydrogen-bond donors (Lipinski definition) is 1. The molecular formula is C18H24N2. The number of nitrogens with one attached hydrogen (secondary N) is 1. The SMILES string of the molecule is CC(C)NCc1ccc(N(C)Cc2ccccc2)cc1. The van der Waals surface area contributed by atoms with Crippen LogP contribution in [0, 0.1) is 0 Å². The lowest BCUT2D eigenvalue weighted by molar-refractivity contribution is 0.589. The Morgan fingerprint density at radius 1 is 0.900 bits per heavy atom. The van der Waals surface area contributed by atoms with Crippen molar-refractivity contribution >= 4 is 5.69 Å². The summed E-state index contributed by atoms with van der Waals surface area (Å²) in [5.74, 6) is 0. The summed E-state index contributed by atoms with van der Waals surface area (Å²) in [6, 6.07) is 19.9. The van der Waals surface area contributed by atoms with Crippen LogP contribution in [0.5, 0.6) is 0 Å². The number of nitrogens with zero attached hydrogens (tertiary/aromatic N) is 1. The highest BCUT2D eigenvalue weighted by Gasteiger charge is 2.02. The third-order valence-electron chi connectivity index (χ3n) is 3.35. The molecule has 0 aliphatic heterocycles. The van der Waals surface area contributed by atoms with E-state index in [2.05, 4.69) is 85.7 Å². The molecule has 2 nitrogen and oxygen atoms in total. The molecular weight excluding hydrogens is 244 g/mol. The van der Waals surface area contributed by atoms with Gasteiger partial charge in [-0.3, -0.25) is 0 Å². The molecule has 0 saturated heterocycles. The van der Waals surface area contributed by atoms with E-state index < -0.39 is 0 Å². The Kier molecular flexibility index (Phi) is 5.19. The van der Waals surface area contributed by atoms with Gasteiger partial charge in [-0.1, -0.05) is 56.3 Å². The average Bonchev–Trinajstić information content (AvgIpc) is 2.46. The number of anilines is 1. The molecule has 20 heavy (non-hydrogen) atoms. The predicted octanol–water partition coefficient (Wildman–Crippen LogP) is 3.82. The van der Waals surface area contributed by atoms with Gasteiger partial charge in [0.15, 0.2) is 0 Å². The first-order valence-electron chi connectivity index (χ1n) is 7.22. The van der Waals surface area contributed by atoms with E-state index in [4.69, 9.17) is 0 Å². The van der Waals surface area contributed by atoms with Crippen LogP contribution in [-0.4, -0.2) is 13.1 Å². The highest BCUT2D eigenvalue weighted by Crippen LogP contribution is 2.16. The smallest absolute Gasteiger partial charge is 0.0426 e. The predicted molar refractivity (Wildman–Crippen MR) is 87.0 cm³/mol. The van der Waals surface area contributed by atoms with Gasteiger partial charge in [0, 0.05) is 31.9 Å². The van der Waals surface area contributed by atoms with Crippen molar-refractivity contribution < 1.29 is 0 Å². The molecule has 2 aromatic carbocycles. The van der Waals surface area contributed by atoms with Crippen molar-refractivity contribution in [2.24, 2.45) is 0 Å². The van der Waals surface area contributed by atoms with Crippen LogP contribution in [0.15, 0.2) is 54.6 Å². The van der Waals surface area contributed by atoms with Gasteiger partial charge in [0.05, 0.1) is 0 Å². The van der Waals surface area contributed by atoms with E-state index in [1.54, 1.807) is 0 Å². The van der Waals surface area contributed by atoms with Gasteiger partial charge in [-0.15, -0.1) is 0 Å². The molecule has 2 heteroatoms. The van der Waals surface area contributed by atoms with E-state index in [1.165, 1.54) is 16.8 Å². The largest absolute Gasteiger partial charge is 0.370 e. The first-order valence-corrected chi connectivity index (χ1v) is 7.22. The van der Waals surface area contributed by atoms with Crippen molar-refractivity contribution in [3.05, 3.63) is 65.7 Å². The maximum Gasteiger partial charge on any atom is 0.0426 e. The summed E-state index contributed by atoms with van der Waals surface area (Å²) < 4.78 is 0. The highest BCUT2D eigenvalue weighted by molar-refractivity contribution is 5.47. The zero-order valence-corrected chi connectivity index (χ0v) is 12.6. The van der Waals surface area contributed by atoms with E-state index in [9.17, 15) is 0 Å². The second-order valence-electron chi connectivity index (χ2n) is 5.54. The fourth-order valence-electron chi connectivity index (χ4n) is 2.14. The Morgan fingerprint density at radius 2 is 1.55 bits per heavy atom. The maximum atomic E-state index is 3.44. The minimum Gasteiger partial charge on any atom is -0.370 e. The topological polar surface area (TPSA) is 15.3 Å².